The lowest BCUT2D eigenvalue weighted by Crippen LogP contribution is -2.30. The van der Waals surface area contributed by atoms with Gasteiger partial charge < -0.3 is 9.52 Å². The predicted octanol–water partition coefficient (Wildman–Crippen LogP) is 3.24. The van der Waals surface area contributed by atoms with Gasteiger partial charge in [-0.05, 0) is 37.7 Å². The Morgan fingerprint density at radius 1 is 1.53 bits per heavy atom. The summed E-state index contributed by atoms with van der Waals surface area (Å²) in [6.45, 7) is 4.39. The molecule has 0 bridgehead atoms. The van der Waals surface area contributed by atoms with E-state index in [4.69, 9.17) is 4.42 Å². The fraction of sp³-hybridized carbons (Fsp3) is 0.692. The molecule has 1 N–H and O–H groups in total. The molecule has 0 aromatic carbocycles. The predicted molar refractivity (Wildman–Crippen MR) is 59.6 cm³/mol. The first-order valence-corrected chi connectivity index (χ1v) is 5.91. The number of rotatable bonds is 3. The monoisotopic (exact) mass is 208 g/mol. The van der Waals surface area contributed by atoms with Crippen molar-refractivity contribution in [1.29, 1.82) is 0 Å². The van der Waals surface area contributed by atoms with Crippen LogP contribution in [0.5, 0.6) is 0 Å². The molecule has 0 saturated carbocycles. The number of furan rings is 1. The molecule has 1 aliphatic rings. The Balaban J connectivity index is 2.16. The van der Waals surface area contributed by atoms with E-state index in [0.29, 0.717) is 5.92 Å². The van der Waals surface area contributed by atoms with Crippen LogP contribution >= 0.6 is 0 Å². The summed E-state index contributed by atoms with van der Waals surface area (Å²) in [5.74, 6) is 1.64. The Morgan fingerprint density at radius 3 is 3.07 bits per heavy atom. The van der Waals surface area contributed by atoms with Gasteiger partial charge in [0.2, 0.25) is 0 Å². The van der Waals surface area contributed by atoms with Crippen LogP contribution < -0.4 is 0 Å². The molecule has 1 aromatic heterocycles. The average Bonchev–Trinajstić information content (AvgIpc) is 2.65. The summed E-state index contributed by atoms with van der Waals surface area (Å²) in [5, 5.41) is 10.6. The number of hydrogen-bond donors (Lipinski definition) is 1. The minimum atomic E-state index is -0.620. The highest BCUT2D eigenvalue weighted by Crippen LogP contribution is 2.39. The van der Waals surface area contributed by atoms with Crippen molar-refractivity contribution in [3.05, 3.63) is 23.7 Å². The second-order valence-corrected chi connectivity index (χ2v) is 5.08. The Bertz CT molecular complexity index is 327. The largest absolute Gasteiger partial charge is 0.469 e. The minimum Gasteiger partial charge on any atom is -0.469 e. The van der Waals surface area contributed by atoms with E-state index < -0.39 is 5.60 Å². The van der Waals surface area contributed by atoms with Gasteiger partial charge in [0, 0.05) is 12.0 Å². The first kappa shape index (κ1) is 10.7. The van der Waals surface area contributed by atoms with E-state index >= 15 is 0 Å². The van der Waals surface area contributed by atoms with Crippen LogP contribution in [0.2, 0.25) is 0 Å². The van der Waals surface area contributed by atoms with Gasteiger partial charge in [-0.15, -0.1) is 0 Å². The number of aliphatic hydroxyl groups is 1. The third kappa shape index (κ3) is 2.10. The lowest BCUT2D eigenvalue weighted by atomic mass is 9.79. The van der Waals surface area contributed by atoms with Gasteiger partial charge in [-0.25, -0.2) is 0 Å². The van der Waals surface area contributed by atoms with Gasteiger partial charge in [-0.3, -0.25) is 0 Å². The van der Waals surface area contributed by atoms with Crippen LogP contribution in [0.15, 0.2) is 16.7 Å². The Kier molecular flexibility index (Phi) is 2.87. The van der Waals surface area contributed by atoms with E-state index in [1.165, 1.54) is 0 Å². The molecule has 1 aliphatic carbocycles. The quantitative estimate of drug-likeness (QED) is 0.827. The molecule has 1 atom stereocenters. The summed E-state index contributed by atoms with van der Waals surface area (Å²) < 4.78 is 5.40. The molecule has 0 saturated heterocycles. The summed E-state index contributed by atoms with van der Waals surface area (Å²) in [6, 6.07) is 1.94. The molecule has 0 radical (unpaired) electrons. The van der Waals surface area contributed by atoms with Crippen LogP contribution in [0.3, 0.4) is 0 Å². The molecular formula is C13H20O2. The zero-order valence-corrected chi connectivity index (χ0v) is 9.62. The molecular weight excluding hydrogens is 188 g/mol. The lowest BCUT2D eigenvalue weighted by Gasteiger charge is -2.32. The fourth-order valence-corrected chi connectivity index (χ4v) is 2.41. The van der Waals surface area contributed by atoms with Crippen LogP contribution in [0.1, 0.15) is 50.9 Å². The molecule has 2 rings (SSSR count). The van der Waals surface area contributed by atoms with Gasteiger partial charge in [0.15, 0.2) is 0 Å². The molecule has 1 unspecified atom stereocenters. The standard InChI is InChI=1S/C13H20O2/c1-10(2)5-8-13(14)7-3-4-12-11(13)6-9-15-12/h6,9-10,14H,3-5,7-8H2,1-2H3. The van der Waals surface area contributed by atoms with E-state index in [0.717, 1.165) is 43.4 Å². The highest BCUT2D eigenvalue weighted by molar-refractivity contribution is 5.27. The molecule has 15 heavy (non-hydrogen) atoms. The van der Waals surface area contributed by atoms with Crippen molar-refractivity contribution in [2.45, 2.75) is 51.6 Å². The Labute approximate surface area is 91.3 Å². The number of hydrogen-bond acceptors (Lipinski definition) is 2. The summed E-state index contributed by atoms with van der Waals surface area (Å²) in [4.78, 5) is 0. The van der Waals surface area contributed by atoms with E-state index in [1.54, 1.807) is 6.26 Å². The maximum Gasteiger partial charge on any atom is 0.109 e. The van der Waals surface area contributed by atoms with Crippen LogP contribution in [-0.2, 0) is 12.0 Å². The second kappa shape index (κ2) is 4.01. The third-order valence-corrected chi connectivity index (χ3v) is 3.38. The maximum atomic E-state index is 10.6. The Hall–Kier alpha value is -0.760. The maximum absolute atomic E-state index is 10.6. The summed E-state index contributed by atoms with van der Waals surface area (Å²) in [6.07, 6.45) is 6.53. The minimum absolute atomic E-state index is 0.620. The van der Waals surface area contributed by atoms with Gasteiger partial charge in [0.25, 0.3) is 0 Å². The summed E-state index contributed by atoms with van der Waals surface area (Å²) >= 11 is 0. The first-order valence-electron chi connectivity index (χ1n) is 5.91. The van der Waals surface area contributed by atoms with Gasteiger partial charge in [0.05, 0.1) is 11.9 Å². The first-order chi connectivity index (χ1) is 7.12. The Morgan fingerprint density at radius 2 is 2.33 bits per heavy atom. The molecule has 2 heteroatoms. The summed E-state index contributed by atoms with van der Waals surface area (Å²) in [5.41, 5.74) is 0.416. The molecule has 1 heterocycles. The zero-order chi connectivity index (χ0) is 10.9. The highest BCUT2D eigenvalue weighted by atomic mass is 16.3. The van der Waals surface area contributed by atoms with Crippen molar-refractivity contribution in [1.82, 2.24) is 0 Å². The zero-order valence-electron chi connectivity index (χ0n) is 9.62. The average molecular weight is 208 g/mol. The van der Waals surface area contributed by atoms with Crippen LogP contribution in [0.25, 0.3) is 0 Å². The fourth-order valence-electron chi connectivity index (χ4n) is 2.41. The van der Waals surface area contributed by atoms with E-state index in [9.17, 15) is 5.11 Å². The van der Waals surface area contributed by atoms with Gasteiger partial charge in [-0.1, -0.05) is 13.8 Å². The van der Waals surface area contributed by atoms with Crippen molar-refractivity contribution in [2.24, 2.45) is 5.92 Å². The second-order valence-electron chi connectivity index (χ2n) is 5.08. The van der Waals surface area contributed by atoms with Gasteiger partial charge in [0.1, 0.15) is 5.76 Å². The van der Waals surface area contributed by atoms with Crippen molar-refractivity contribution in [3.63, 3.8) is 0 Å². The van der Waals surface area contributed by atoms with E-state index in [-0.39, 0.29) is 0 Å². The third-order valence-electron chi connectivity index (χ3n) is 3.38. The van der Waals surface area contributed by atoms with Crippen molar-refractivity contribution in [3.8, 4) is 0 Å². The molecule has 0 spiro atoms. The number of aryl methyl sites for hydroxylation is 1. The van der Waals surface area contributed by atoms with Crippen molar-refractivity contribution >= 4 is 0 Å². The molecule has 0 aliphatic heterocycles. The van der Waals surface area contributed by atoms with Gasteiger partial charge in [-0.2, -0.15) is 0 Å². The van der Waals surface area contributed by atoms with E-state index in [1.807, 2.05) is 6.07 Å². The highest BCUT2D eigenvalue weighted by Gasteiger charge is 2.35. The van der Waals surface area contributed by atoms with Crippen LogP contribution in [-0.4, -0.2) is 5.11 Å². The van der Waals surface area contributed by atoms with Crippen LogP contribution in [0, 0.1) is 5.92 Å². The molecule has 2 nitrogen and oxygen atoms in total. The topological polar surface area (TPSA) is 33.4 Å². The molecule has 0 fully saturated rings. The SMILES string of the molecule is CC(C)CCC1(O)CCCc2occc21. The number of fused-ring (bicyclic) bond motifs is 1. The van der Waals surface area contributed by atoms with Gasteiger partial charge >= 0.3 is 0 Å². The van der Waals surface area contributed by atoms with Crippen molar-refractivity contribution < 1.29 is 9.52 Å². The molecule has 84 valence electrons. The smallest absolute Gasteiger partial charge is 0.109 e. The van der Waals surface area contributed by atoms with Crippen molar-refractivity contribution in [2.75, 3.05) is 0 Å². The molecule has 1 aromatic rings. The van der Waals surface area contributed by atoms with Crippen LogP contribution in [0.4, 0.5) is 0 Å². The lowest BCUT2D eigenvalue weighted by molar-refractivity contribution is 0.00321. The normalized spacial score (nSPS) is 25.6. The summed E-state index contributed by atoms with van der Waals surface area (Å²) in [7, 11) is 0. The molecule has 0 amide bonds. The van der Waals surface area contributed by atoms with E-state index in [2.05, 4.69) is 13.8 Å².